The fourth-order valence-corrected chi connectivity index (χ4v) is 5.10. The SMILES string of the molecule is CCOC(=O)C1CCN(c2nc(NCc3ccc(Cl)c(Cl)c3)c3cc(CC)sc3n2)CC1. The number of nitrogens with one attached hydrogen (secondary N) is 1. The van der Waals surface area contributed by atoms with E-state index in [0.29, 0.717) is 29.1 Å². The van der Waals surface area contributed by atoms with Crippen molar-refractivity contribution < 1.29 is 9.53 Å². The number of aromatic nitrogens is 2. The summed E-state index contributed by atoms with van der Waals surface area (Å²) >= 11 is 13.9. The molecule has 0 spiro atoms. The van der Waals surface area contributed by atoms with Crippen molar-refractivity contribution in [3.63, 3.8) is 0 Å². The van der Waals surface area contributed by atoms with E-state index in [1.54, 1.807) is 17.4 Å². The maximum Gasteiger partial charge on any atom is 0.309 e. The first-order valence-corrected chi connectivity index (χ1v) is 12.5. The van der Waals surface area contributed by atoms with E-state index in [-0.39, 0.29) is 11.9 Å². The largest absolute Gasteiger partial charge is 0.466 e. The number of hydrogen-bond acceptors (Lipinski definition) is 7. The number of ether oxygens (including phenoxy) is 1. The van der Waals surface area contributed by atoms with Crippen LogP contribution in [0.5, 0.6) is 0 Å². The minimum absolute atomic E-state index is 0.0457. The minimum atomic E-state index is -0.0988. The van der Waals surface area contributed by atoms with Crippen LogP contribution >= 0.6 is 34.5 Å². The zero-order valence-corrected chi connectivity index (χ0v) is 20.5. The summed E-state index contributed by atoms with van der Waals surface area (Å²) in [5.41, 5.74) is 1.02. The van der Waals surface area contributed by atoms with Crippen LogP contribution in [0.3, 0.4) is 0 Å². The van der Waals surface area contributed by atoms with Crippen LogP contribution in [-0.2, 0) is 22.5 Å². The number of fused-ring (bicyclic) bond motifs is 1. The maximum absolute atomic E-state index is 12.1. The molecule has 2 aromatic heterocycles. The molecular weight excluding hydrogens is 467 g/mol. The monoisotopic (exact) mass is 492 g/mol. The van der Waals surface area contributed by atoms with Gasteiger partial charge in [-0.05, 0) is 49.9 Å². The zero-order chi connectivity index (χ0) is 22.7. The van der Waals surface area contributed by atoms with E-state index < -0.39 is 0 Å². The Morgan fingerprint density at radius 1 is 1.19 bits per heavy atom. The molecule has 0 aliphatic carbocycles. The highest BCUT2D eigenvalue weighted by Crippen LogP contribution is 2.33. The van der Waals surface area contributed by atoms with Gasteiger partial charge in [-0.25, -0.2) is 4.98 Å². The van der Waals surface area contributed by atoms with Crippen molar-refractivity contribution in [2.45, 2.75) is 39.7 Å². The van der Waals surface area contributed by atoms with E-state index >= 15 is 0 Å². The molecule has 1 aliphatic heterocycles. The normalized spacial score (nSPS) is 14.7. The van der Waals surface area contributed by atoms with Crippen LogP contribution in [0.1, 0.15) is 37.1 Å². The van der Waals surface area contributed by atoms with E-state index in [4.69, 9.17) is 37.9 Å². The van der Waals surface area contributed by atoms with Crippen LogP contribution in [0.15, 0.2) is 24.3 Å². The van der Waals surface area contributed by atoms with E-state index in [9.17, 15) is 4.79 Å². The van der Waals surface area contributed by atoms with E-state index in [0.717, 1.165) is 53.9 Å². The van der Waals surface area contributed by atoms with Crippen molar-refractivity contribution in [3.8, 4) is 0 Å². The summed E-state index contributed by atoms with van der Waals surface area (Å²) in [6.45, 7) is 6.44. The molecule has 3 heterocycles. The first kappa shape index (κ1) is 23.1. The Morgan fingerprint density at radius 2 is 1.97 bits per heavy atom. The molecule has 0 radical (unpaired) electrons. The highest BCUT2D eigenvalue weighted by molar-refractivity contribution is 7.18. The number of halogens is 2. The van der Waals surface area contributed by atoms with Crippen LogP contribution in [-0.4, -0.2) is 35.6 Å². The van der Waals surface area contributed by atoms with Crippen molar-refractivity contribution in [2.24, 2.45) is 5.92 Å². The lowest BCUT2D eigenvalue weighted by Gasteiger charge is -2.31. The number of piperidine rings is 1. The molecule has 9 heteroatoms. The summed E-state index contributed by atoms with van der Waals surface area (Å²) in [6, 6.07) is 7.77. The van der Waals surface area contributed by atoms with Crippen LogP contribution in [0.25, 0.3) is 10.2 Å². The second kappa shape index (κ2) is 10.2. The second-order valence-electron chi connectivity index (χ2n) is 7.77. The molecule has 0 saturated carbocycles. The molecule has 1 fully saturated rings. The average Bonchev–Trinajstić information content (AvgIpc) is 3.23. The molecule has 1 aliphatic rings. The molecule has 0 bridgehead atoms. The van der Waals surface area contributed by atoms with E-state index in [1.165, 1.54) is 4.88 Å². The van der Waals surface area contributed by atoms with Gasteiger partial charge in [0.05, 0.1) is 28.0 Å². The molecule has 3 aromatic rings. The predicted octanol–water partition coefficient (Wildman–Crippen LogP) is 5.95. The quantitative estimate of drug-likeness (QED) is 0.410. The predicted molar refractivity (Wildman–Crippen MR) is 132 cm³/mol. The molecule has 32 heavy (non-hydrogen) atoms. The molecule has 0 unspecified atom stereocenters. The van der Waals surface area contributed by atoms with Gasteiger partial charge in [0.25, 0.3) is 0 Å². The molecule has 170 valence electrons. The van der Waals surface area contributed by atoms with E-state index in [2.05, 4.69) is 23.2 Å². The summed E-state index contributed by atoms with van der Waals surface area (Å²) in [6.07, 6.45) is 2.45. The number of benzene rings is 1. The third kappa shape index (κ3) is 5.11. The number of hydrogen-bond donors (Lipinski definition) is 1. The summed E-state index contributed by atoms with van der Waals surface area (Å²) in [5, 5.41) is 5.56. The number of carbonyl (C=O) groups excluding carboxylic acids is 1. The summed E-state index contributed by atoms with van der Waals surface area (Å²) in [5.74, 6) is 1.36. The number of rotatable bonds is 7. The molecular formula is C23H26Cl2N4O2S. The molecule has 1 N–H and O–H groups in total. The standard InChI is InChI=1S/C23H26Cl2N4O2S/c1-3-16-12-17-20(26-13-14-5-6-18(24)19(25)11-14)27-23(28-21(17)32-16)29-9-7-15(8-10-29)22(30)31-4-2/h5-6,11-12,15H,3-4,7-10,13H2,1-2H3,(H,26,27,28). The van der Waals surface area contributed by atoms with Gasteiger partial charge in [-0.1, -0.05) is 36.2 Å². The third-order valence-electron chi connectivity index (χ3n) is 5.62. The van der Waals surface area contributed by atoms with Gasteiger partial charge in [0.2, 0.25) is 5.95 Å². The number of aryl methyl sites for hydroxylation is 1. The summed E-state index contributed by atoms with van der Waals surface area (Å²) < 4.78 is 5.19. The Kier molecular flexibility index (Phi) is 7.38. The van der Waals surface area contributed by atoms with Crippen LogP contribution in [0, 0.1) is 5.92 Å². The fraction of sp³-hybridized carbons (Fsp3) is 0.435. The lowest BCUT2D eigenvalue weighted by Crippen LogP contribution is -2.38. The van der Waals surface area contributed by atoms with Gasteiger partial charge in [0, 0.05) is 24.5 Å². The highest BCUT2D eigenvalue weighted by atomic mass is 35.5. The highest BCUT2D eigenvalue weighted by Gasteiger charge is 2.27. The smallest absolute Gasteiger partial charge is 0.309 e. The van der Waals surface area contributed by atoms with Crippen molar-refractivity contribution in [3.05, 3.63) is 44.8 Å². The number of carbonyl (C=O) groups is 1. The number of anilines is 2. The molecule has 0 amide bonds. The number of esters is 1. The molecule has 0 atom stereocenters. The maximum atomic E-state index is 12.1. The molecule has 6 nitrogen and oxygen atoms in total. The van der Waals surface area contributed by atoms with E-state index in [1.807, 2.05) is 19.1 Å². The summed E-state index contributed by atoms with van der Waals surface area (Å²) in [7, 11) is 0. The Labute approximate surface area is 201 Å². The number of thiophene rings is 1. The molecule has 1 aromatic carbocycles. The second-order valence-corrected chi connectivity index (χ2v) is 9.70. The van der Waals surface area contributed by atoms with Crippen LogP contribution in [0.2, 0.25) is 10.0 Å². The average molecular weight is 493 g/mol. The van der Waals surface area contributed by atoms with Gasteiger partial charge in [-0.15, -0.1) is 11.3 Å². The van der Waals surface area contributed by atoms with Crippen molar-refractivity contribution in [2.75, 3.05) is 29.9 Å². The topological polar surface area (TPSA) is 67.3 Å². The minimum Gasteiger partial charge on any atom is -0.466 e. The first-order chi connectivity index (χ1) is 15.5. The Bertz CT molecular complexity index is 1110. The van der Waals surface area contributed by atoms with Crippen LogP contribution in [0.4, 0.5) is 11.8 Å². The molecule has 1 saturated heterocycles. The lowest BCUT2D eigenvalue weighted by molar-refractivity contribution is -0.148. The fourth-order valence-electron chi connectivity index (χ4n) is 3.82. The Hall–Kier alpha value is -2.09. The van der Waals surface area contributed by atoms with Gasteiger partial charge >= 0.3 is 5.97 Å². The Morgan fingerprint density at radius 3 is 2.66 bits per heavy atom. The van der Waals surface area contributed by atoms with Gasteiger partial charge in [-0.2, -0.15) is 4.98 Å². The van der Waals surface area contributed by atoms with Crippen molar-refractivity contribution >= 4 is 62.5 Å². The number of nitrogens with zero attached hydrogens (tertiary/aromatic N) is 3. The zero-order valence-electron chi connectivity index (χ0n) is 18.2. The van der Waals surface area contributed by atoms with Gasteiger partial charge in [-0.3, -0.25) is 4.79 Å². The molecule has 4 rings (SSSR count). The van der Waals surface area contributed by atoms with Crippen LogP contribution < -0.4 is 10.2 Å². The third-order valence-corrected chi connectivity index (χ3v) is 7.53. The first-order valence-electron chi connectivity index (χ1n) is 10.9. The lowest BCUT2D eigenvalue weighted by atomic mass is 9.97. The van der Waals surface area contributed by atoms with Gasteiger partial charge in [0.15, 0.2) is 0 Å². The summed E-state index contributed by atoms with van der Waals surface area (Å²) in [4.78, 5) is 26.2. The van der Waals surface area contributed by atoms with Crippen molar-refractivity contribution in [1.29, 1.82) is 0 Å². The van der Waals surface area contributed by atoms with Gasteiger partial charge < -0.3 is 15.0 Å². The Balaban J connectivity index is 1.56. The van der Waals surface area contributed by atoms with Gasteiger partial charge in [0.1, 0.15) is 10.6 Å². The van der Waals surface area contributed by atoms with Crippen molar-refractivity contribution in [1.82, 2.24) is 9.97 Å².